The van der Waals surface area contributed by atoms with Gasteiger partial charge in [-0.05, 0) is 42.8 Å². The molecule has 0 bridgehead atoms. The maximum Gasteiger partial charge on any atom is 0.254 e. The predicted molar refractivity (Wildman–Crippen MR) is 109 cm³/mol. The van der Waals surface area contributed by atoms with Crippen molar-refractivity contribution in [2.45, 2.75) is 6.42 Å². The Morgan fingerprint density at radius 1 is 0.655 bits per heavy atom. The van der Waals surface area contributed by atoms with Gasteiger partial charge in [-0.25, -0.2) is 0 Å². The van der Waals surface area contributed by atoms with Gasteiger partial charge in [0.2, 0.25) is 0 Å². The number of nitrogens with zero attached hydrogens (tertiary/aromatic N) is 2. The molecule has 0 atom stereocenters. The molecule has 1 aliphatic rings. The summed E-state index contributed by atoms with van der Waals surface area (Å²) in [5.41, 5.74) is 1.12. The monoisotopic (exact) mass is 398 g/mol. The van der Waals surface area contributed by atoms with Crippen molar-refractivity contribution in [2.75, 3.05) is 47.5 Å². The molecule has 7 heteroatoms. The maximum atomic E-state index is 13.0. The van der Waals surface area contributed by atoms with Crippen LogP contribution in [0.5, 0.6) is 17.2 Å². The third-order valence-corrected chi connectivity index (χ3v) is 5.01. The van der Waals surface area contributed by atoms with Crippen LogP contribution in [0, 0.1) is 0 Å². The number of carbonyl (C=O) groups is 2. The number of amides is 2. The molecule has 7 nitrogen and oxygen atoms in total. The highest BCUT2D eigenvalue weighted by atomic mass is 16.5. The van der Waals surface area contributed by atoms with Crippen molar-refractivity contribution in [1.29, 1.82) is 0 Å². The predicted octanol–water partition coefficient (Wildman–Crippen LogP) is 2.70. The zero-order valence-electron chi connectivity index (χ0n) is 17.0. The fraction of sp³-hybridized carbons (Fsp3) is 0.364. The molecule has 0 unspecified atom stereocenters. The van der Waals surface area contributed by atoms with Gasteiger partial charge in [-0.15, -0.1) is 0 Å². The number of rotatable bonds is 5. The lowest BCUT2D eigenvalue weighted by atomic mass is 10.1. The first-order valence-electron chi connectivity index (χ1n) is 9.51. The maximum absolute atomic E-state index is 13.0. The molecule has 2 amide bonds. The summed E-state index contributed by atoms with van der Waals surface area (Å²) in [6, 6.07) is 12.2. The Bertz CT molecular complexity index is 844. The number of methoxy groups -OCH3 is 3. The largest absolute Gasteiger partial charge is 0.497 e. The molecule has 2 aromatic carbocycles. The Morgan fingerprint density at radius 3 is 1.62 bits per heavy atom. The molecule has 0 N–H and O–H groups in total. The minimum absolute atomic E-state index is 0.0370. The Hall–Kier alpha value is -3.22. The second kappa shape index (κ2) is 9.32. The normalized spacial score (nSPS) is 14.2. The molecule has 29 heavy (non-hydrogen) atoms. The molecule has 1 heterocycles. The number of hydrogen-bond donors (Lipinski definition) is 0. The average Bonchev–Trinajstić information content (AvgIpc) is 3.04. The van der Waals surface area contributed by atoms with Gasteiger partial charge < -0.3 is 24.0 Å². The van der Waals surface area contributed by atoms with E-state index in [9.17, 15) is 9.59 Å². The van der Waals surface area contributed by atoms with Crippen molar-refractivity contribution in [1.82, 2.24) is 9.80 Å². The van der Waals surface area contributed by atoms with E-state index in [0.29, 0.717) is 54.6 Å². The Balaban J connectivity index is 1.69. The highest BCUT2D eigenvalue weighted by Crippen LogP contribution is 2.24. The van der Waals surface area contributed by atoms with Crippen molar-refractivity contribution in [3.05, 3.63) is 53.6 Å². The van der Waals surface area contributed by atoms with Gasteiger partial charge in [0.1, 0.15) is 17.2 Å². The van der Waals surface area contributed by atoms with Crippen LogP contribution in [-0.2, 0) is 0 Å². The highest BCUT2D eigenvalue weighted by molar-refractivity contribution is 5.96. The van der Waals surface area contributed by atoms with E-state index in [1.54, 1.807) is 73.6 Å². The summed E-state index contributed by atoms with van der Waals surface area (Å²) in [6.45, 7) is 2.15. The molecule has 0 radical (unpaired) electrons. The van der Waals surface area contributed by atoms with Gasteiger partial charge in [-0.2, -0.15) is 0 Å². The minimum atomic E-state index is -0.0963. The standard InChI is InChI=1S/C22H26N2O5/c1-27-18-7-5-16(6-8-18)21(25)23-9-4-10-24(12-11-23)22(26)17-13-19(28-2)15-20(14-17)29-3/h5-8,13-15H,4,9-12H2,1-3H3. The molecule has 1 saturated heterocycles. The third kappa shape index (κ3) is 4.80. The SMILES string of the molecule is COc1ccc(C(=O)N2CCCN(C(=O)c3cc(OC)cc(OC)c3)CC2)cc1. The third-order valence-electron chi connectivity index (χ3n) is 5.01. The van der Waals surface area contributed by atoms with Crippen LogP contribution < -0.4 is 14.2 Å². The molecule has 1 aliphatic heterocycles. The topological polar surface area (TPSA) is 68.3 Å². The lowest BCUT2D eigenvalue weighted by Gasteiger charge is -2.22. The summed E-state index contributed by atoms with van der Waals surface area (Å²) < 4.78 is 15.7. The van der Waals surface area contributed by atoms with Crippen LogP contribution in [0.4, 0.5) is 0 Å². The molecule has 1 fully saturated rings. The van der Waals surface area contributed by atoms with Gasteiger partial charge in [0, 0.05) is 43.4 Å². The van der Waals surface area contributed by atoms with Gasteiger partial charge in [0.15, 0.2) is 0 Å². The fourth-order valence-corrected chi connectivity index (χ4v) is 3.35. The Kier molecular flexibility index (Phi) is 6.59. The number of benzene rings is 2. The van der Waals surface area contributed by atoms with Gasteiger partial charge in [-0.3, -0.25) is 9.59 Å². The molecule has 0 aliphatic carbocycles. The van der Waals surface area contributed by atoms with Gasteiger partial charge in [0.25, 0.3) is 11.8 Å². The molecule has 0 spiro atoms. The van der Waals surface area contributed by atoms with Gasteiger partial charge in [0.05, 0.1) is 21.3 Å². The van der Waals surface area contributed by atoms with Crippen LogP contribution >= 0.6 is 0 Å². The smallest absolute Gasteiger partial charge is 0.254 e. The first-order valence-corrected chi connectivity index (χ1v) is 9.51. The lowest BCUT2D eigenvalue weighted by molar-refractivity contribution is 0.0718. The van der Waals surface area contributed by atoms with Crippen molar-refractivity contribution in [2.24, 2.45) is 0 Å². The summed E-state index contributed by atoms with van der Waals surface area (Å²) in [6.07, 6.45) is 0.717. The van der Waals surface area contributed by atoms with Crippen LogP contribution in [0.1, 0.15) is 27.1 Å². The van der Waals surface area contributed by atoms with E-state index >= 15 is 0 Å². The first-order chi connectivity index (χ1) is 14.0. The molecule has 154 valence electrons. The molecule has 3 rings (SSSR count). The molecular formula is C22H26N2O5. The summed E-state index contributed by atoms with van der Waals surface area (Å²) in [5, 5.41) is 0. The minimum Gasteiger partial charge on any atom is -0.497 e. The van der Waals surface area contributed by atoms with Crippen molar-refractivity contribution in [3.8, 4) is 17.2 Å². The summed E-state index contributed by atoms with van der Waals surface area (Å²) >= 11 is 0. The fourth-order valence-electron chi connectivity index (χ4n) is 3.35. The highest BCUT2D eigenvalue weighted by Gasteiger charge is 2.24. The summed E-state index contributed by atoms with van der Waals surface area (Å²) in [7, 11) is 4.70. The molecular weight excluding hydrogens is 372 g/mol. The van der Waals surface area contributed by atoms with Crippen molar-refractivity contribution >= 4 is 11.8 Å². The number of hydrogen-bond acceptors (Lipinski definition) is 5. The first kappa shape index (κ1) is 20.5. The lowest BCUT2D eigenvalue weighted by Crippen LogP contribution is -2.37. The molecule has 0 aromatic heterocycles. The van der Waals surface area contributed by atoms with Gasteiger partial charge in [-0.1, -0.05) is 0 Å². The number of carbonyl (C=O) groups excluding carboxylic acids is 2. The van der Waals surface area contributed by atoms with E-state index in [1.165, 1.54) is 0 Å². The van der Waals surface area contributed by atoms with Crippen molar-refractivity contribution in [3.63, 3.8) is 0 Å². The Morgan fingerprint density at radius 2 is 1.14 bits per heavy atom. The van der Waals surface area contributed by atoms with E-state index in [2.05, 4.69) is 0 Å². The van der Waals surface area contributed by atoms with Gasteiger partial charge >= 0.3 is 0 Å². The quantitative estimate of drug-likeness (QED) is 0.775. The second-order valence-electron chi connectivity index (χ2n) is 6.77. The average molecular weight is 398 g/mol. The van der Waals surface area contributed by atoms with E-state index in [-0.39, 0.29) is 11.8 Å². The second-order valence-corrected chi connectivity index (χ2v) is 6.77. The van der Waals surface area contributed by atoms with Crippen LogP contribution in [0.25, 0.3) is 0 Å². The van der Waals surface area contributed by atoms with Crippen LogP contribution in [0.15, 0.2) is 42.5 Å². The van der Waals surface area contributed by atoms with E-state index < -0.39 is 0 Å². The van der Waals surface area contributed by atoms with Crippen LogP contribution in [0.2, 0.25) is 0 Å². The molecule has 0 saturated carbocycles. The number of ether oxygens (including phenoxy) is 3. The summed E-state index contributed by atoms with van der Waals surface area (Å²) in [5.74, 6) is 1.71. The zero-order valence-corrected chi connectivity index (χ0v) is 17.0. The Labute approximate surface area is 170 Å². The van der Waals surface area contributed by atoms with Crippen LogP contribution in [-0.4, -0.2) is 69.1 Å². The van der Waals surface area contributed by atoms with E-state index in [0.717, 1.165) is 6.42 Å². The van der Waals surface area contributed by atoms with E-state index in [4.69, 9.17) is 14.2 Å². The van der Waals surface area contributed by atoms with Crippen LogP contribution in [0.3, 0.4) is 0 Å². The zero-order chi connectivity index (χ0) is 20.8. The van der Waals surface area contributed by atoms with E-state index in [1.807, 2.05) is 0 Å². The molecule has 2 aromatic rings. The summed E-state index contributed by atoms with van der Waals surface area (Å²) in [4.78, 5) is 29.4. The van der Waals surface area contributed by atoms with Crippen molar-refractivity contribution < 1.29 is 23.8 Å².